The maximum Gasteiger partial charge on any atom is 0.240 e. The standard InChI is InChI=1S/C34H31N5O3S/c1-23-7-6-10-26(19-23)33-31-32(25-8-4-3-5-9-25)37-39(27-11-13-28(42-2)14-12-27)34(31)38(30(41)22-43-33)21-29(40)36-20-24-15-17-35-18-16-24/h3-19,33H,20-22H2,1-2H3,(H,36,40)/t33-/m1/s1. The second kappa shape index (κ2) is 12.5. The third-order valence-corrected chi connectivity index (χ3v) is 8.59. The molecule has 0 fully saturated rings. The van der Waals surface area contributed by atoms with Crippen LogP contribution in [-0.4, -0.2) is 46.0 Å². The number of aryl methyl sites for hydroxylation is 1. The molecule has 0 bridgehead atoms. The number of carbonyl (C=O) groups is 2. The van der Waals surface area contributed by atoms with E-state index in [1.165, 1.54) is 0 Å². The Labute approximate surface area is 254 Å². The molecule has 2 amide bonds. The number of anilines is 1. The van der Waals surface area contributed by atoms with Gasteiger partial charge in [-0.25, -0.2) is 4.68 Å². The summed E-state index contributed by atoms with van der Waals surface area (Å²) in [6, 6.07) is 29.6. The second-order valence-corrected chi connectivity index (χ2v) is 11.4. The van der Waals surface area contributed by atoms with Crippen molar-refractivity contribution in [2.75, 3.05) is 24.3 Å². The summed E-state index contributed by atoms with van der Waals surface area (Å²) in [4.78, 5) is 32.9. The van der Waals surface area contributed by atoms with E-state index in [1.54, 1.807) is 40.8 Å². The number of rotatable bonds is 8. The van der Waals surface area contributed by atoms with Gasteiger partial charge < -0.3 is 10.1 Å². The number of methoxy groups -OCH3 is 1. The summed E-state index contributed by atoms with van der Waals surface area (Å²) < 4.78 is 7.19. The highest BCUT2D eigenvalue weighted by molar-refractivity contribution is 8.00. The third kappa shape index (κ3) is 6.03. The molecule has 9 heteroatoms. The highest BCUT2D eigenvalue weighted by atomic mass is 32.2. The first-order valence-corrected chi connectivity index (χ1v) is 15.0. The Morgan fingerprint density at radius 3 is 2.49 bits per heavy atom. The van der Waals surface area contributed by atoms with Gasteiger partial charge in [-0.3, -0.25) is 19.5 Å². The van der Waals surface area contributed by atoms with Crippen LogP contribution in [0, 0.1) is 6.92 Å². The van der Waals surface area contributed by atoms with Crippen molar-refractivity contribution in [1.82, 2.24) is 20.1 Å². The summed E-state index contributed by atoms with van der Waals surface area (Å²) in [5.74, 6) is 1.09. The van der Waals surface area contributed by atoms with Crippen molar-refractivity contribution in [2.45, 2.75) is 18.7 Å². The Balaban J connectivity index is 1.52. The molecule has 2 aromatic heterocycles. The molecule has 0 radical (unpaired) electrons. The van der Waals surface area contributed by atoms with Crippen molar-refractivity contribution in [3.05, 3.63) is 126 Å². The van der Waals surface area contributed by atoms with Gasteiger partial charge in [0.1, 0.15) is 18.1 Å². The van der Waals surface area contributed by atoms with Crippen LogP contribution in [0.5, 0.6) is 5.75 Å². The Kier molecular flexibility index (Phi) is 8.24. The van der Waals surface area contributed by atoms with Crippen molar-refractivity contribution in [2.24, 2.45) is 0 Å². The minimum absolute atomic E-state index is 0.145. The molecule has 0 spiro atoms. The first-order chi connectivity index (χ1) is 21.0. The van der Waals surface area contributed by atoms with Crippen LogP contribution in [0.2, 0.25) is 0 Å². The van der Waals surface area contributed by atoms with Crippen molar-refractivity contribution in [1.29, 1.82) is 0 Å². The number of nitrogens with one attached hydrogen (secondary N) is 1. The molecule has 0 saturated carbocycles. The molecular formula is C34H31N5O3S. The van der Waals surface area contributed by atoms with Crippen LogP contribution in [0.25, 0.3) is 16.9 Å². The van der Waals surface area contributed by atoms with Crippen LogP contribution in [-0.2, 0) is 16.1 Å². The fourth-order valence-electron chi connectivity index (χ4n) is 5.23. The molecule has 0 saturated heterocycles. The Morgan fingerprint density at radius 2 is 1.77 bits per heavy atom. The van der Waals surface area contributed by atoms with Crippen LogP contribution in [0.3, 0.4) is 0 Å². The number of nitrogens with zero attached hydrogens (tertiary/aromatic N) is 4. The average molecular weight is 590 g/mol. The predicted molar refractivity (Wildman–Crippen MR) is 169 cm³/mol. The highest BCUT2D eigenvalue weighted by Crippen LogP contribution is 2.48. The van der Waals surface area contributed by atoms with Crippen LogP contribution in [0.1, 0.15) is 27.5 Å². The summed E-state index contributed by atoms with van der Waals surface area (Å²) in [6.07, 6.45) is 3.38. The van der Waals surface area contributed by atoms with E-state index in [0.717, 1.165) is 39.2 Å². The van der Waals surface area contributed by atoms with Crippen molar-refractivity contribution in [3.8, 4) is 22.7 Å². The monoisotopic (exact) mass is 589 g/mol. The molecule has 3 aromatic carbocycles. The van der Waals surface area contributed by atoms with Crippen LogP contribution >= 0.6 is 11.8 Å². The Morgan fingerprint density at radius 1 is 1.00 bits per heavy atom. The summed E-state index contributed by atoms with van der Waals surface area (Å²) in [7, 11) is 1.62. The van der Waals surface area contributed by atoms with E-state index in [4.69, 9.17) is 9.84 Å². The first kappa shape index (κ1) is 28.2. The maximum atomic E-state index is 13.9. The minimum Gasteiger partial charge on any atom is -0.497 e. The number of amides is 2. The number of carbonyl (C=O) groups excluding carboxylic acids is 2. The van der Waals surface area contributed by atoms with E-state index in [1.807, 2.05) is 72.8 Å². The molecule has 0 unspecified atom stereocenters. The van der Waals surface area contributed by atoms with Crippen LogP contribution < -0.4 is 15.0 Å². The van der Waals surface area contributed by atoms with E-state index in [2.05, 4.69) is 35.4 Å². The lowest BCUT2D eigenvalue weighted by Crippen LogP contribution is -2.42. The van der Waals surface area contributed by atoms with Gasteiger partial charge in [0.25, 0.3) is 0 Å². The lowest BCUT2D eigenvalue weighted by atomic mass is 9.98. The highest BCUT2D eigenvalue weighted by Gasteiger charge is 2.37. The number of benzene rings is 3. The number of hydrogen-bond acceptors (Lipinski definition) is 6. The van der Waals surface area contributed by atoms with E-state index in [-0.39, 0.29) is 29.4 Å². The fraction of sp³-hybridized carbons (Fsp3) is 0.176. The zero-order chi connectivity index (χ0) is 29.8. The normalized spacial score (nSPS) is 14.6. The largest absolute Gasteiger partial charge is 0.497 e. The van der Waals surface area contributed by atoms with E-state index in [9.17, 15) is 9.59 Å². The van der Waals surface area contributed by atoms with Gasteiger partial charge in [-0.15, -0.1) is 11.8 Å². The average Bonchev–Trinajstić information content (AvgIpc) is 3.37. The van der Waals surface area contributed by atoms with E-state index < -0.39 is 0 Å². The predicted octanol–water partition coefficient (Wildman–Crippen LogP) is 5.74. The molecule has 8 nitrogen and oxygen atoms in total. The van der Waals surface area contributed by atoms with Gasteiger partial charge in [-0.1, -0.05) is 60.2 Å². The van der Waals surface area contributed by atoms with Gasteiger partial charge in [-0.05, 0) is 54.4 Å². The Hall–Kier alpha value is -4.89. The lowest BCUT2D eigenvalue weighted by Gasteiger charge is -2.23. The molecule has 1 N–H and O–H groups in total. The van der Waals surface area contributed by atoms with Crippen molar-refractivity contribution >= 4 is 29.4 Å². The molecule has 6 rings (SSSR count). The lowest BCUT2D eigenvalue weighted by molar-refractivity contribution is -0.123. The van der Waals surface area contributed by atoms with Crippen LogP contribution in [0.15, 0.2) is 103 Å². The molecule has 3 heterocycles. The van der Waals surface area contributed by atoms with Crippen molar-refractivity contribution in [3.63, 3.8) is 0 Å². The number of thioether (sulfide) groups is 1. The van der Waals surface area contributed by atoms with Crippen LogP contribution in [0.4, 0.5) is 5.82 Å². The number of hydrogen-bond donors (Lipinski definition) is 1. The maximum absolute atomic E-state index is 13.9. The summed E-state index contributed by atoms with van der Waals surface area (Å²) in [6.45, 7) is 2.26. The molecule has 43 heavy (non-hydrogen) atoms. The number of fused-ring (bicyclic) bond motifs is 1. The number of aromatic nitrogens is 3. The summed E-state index contributed by atoms with van der Waals surface area (Å²) in [5, 5.41) is 7.92. The molecule has 0 aliphatic carbocycles. The number of ether oxygens (including phenoxy) is 1. The fourth-order valence-corrected chi connectivity index (χ4v) is 6.42. The van der Waals surface area contributed by atoms with E-state index >= 15 is 0 Å². The molecule has 5 aromatic rings. The summed E-state index contributed by atoms with van der Waals surface area (Å²) in [5.41, 5.74) is 6.48. The molecule has 1 atom stereocenters. The summed E-state index contributed by atoms with van der Waals surface area (Å²) >= 11 is 1.56. The zero-order valence-electron chi connectivity index (χ0n) is 23.9. The third-order valence-electron chi connectivity index (χ3n) is 7.34. The van der Waals surface area contributed by atoms with Gasteiger partial charge in [0.2, 0.25) is 11.8 Å². The second-order valence-electron chi connectivity index (χ2n) is 10.3. The molecule has 216 valence electrons. The topological polar surface area (TPSA) is 89.3 Å². The molecule has 1 aliphatic rings. The van der Waals surface area contributed by atoms with Gasteiger partial charge >= 0.3 is 0 Å². The SMILES string of the molecule is COc1ccc(-n2nc(-c3ccccc3)c3c2N(CC(=O)NCc2ccncc2)C(=O)CS[C@@H]3c2cccc(C)c2)cc1. The minimum atomic E-state index is -0.265. The first-order valence-electron chi connectivity index (χ1n) is 14.0. The van der Waals surface area contributed by atoms with E-state index in [0.29, 0.717) is 18.1 Å². The number of pyridine rings is 1. The smallest absolute Gasteiger partial charge is 0.240 e. The van der Waals surface area contributed by atoms with Crippen molar-refractivity contribution < 1.29 is 14.3 Å². The van der Waals surface area contributed by atoms with Gasteiger partial charge in [0.05, 0.1) is 29.5 Å². The van der Waals surface area contributed by atoms with Gasteiger partial charge in [0, 0.05) is 30.1 Å². The van der Waals surface area contributed by atoms with Gasteiger partial charge in [-0.2, -0.15) is 5.10 Å². The molecular weight excluding hydrogens is 558 g/mol. The zero-order valence-corrected chi connectivity index (χ0v) is 24.8. The molecule has 1 aliphatic heterocycles. The Bertz CT molecular complexity index is 1740. The quantitative estimate of drug-likeness (QED) is 0.249. The van der Waals surface area contributed by atoms with Gasteiger partial charge in [0.15, 0.2) is 0 Å².